The van der Waals surface area contributed by atoms with Crippen molar-refractivity contribution < 1.29 is 14.7 Å². The van der Waals surface area contributed by atoms with Crippen LogP contribution in [-0.4, -0.2) is 47.1 Å². The van der Waals surface area contributed by atoms with Crippen molar-refractivity contribution in [3.63, 3.8) is 0 Å². The predicted octanol–water partition coefficient (Wildman–Crippen LogP) is 0.698. The van der Waals surface area contributed by atoms with Gasteiger partial charge >= 0.3 is 5.97 Å². The van der Waals surface area contributed by atoms with Crippen LogP contribution in [-0.2, 0) is 9.59 Å². The molecule has 17 heavy (non-hydrogen) atoms. The zero-order valence-electron chi connectivity index (χ0n) is 10.8. The maximum absolute atomic E-state index is 11.7. The number of carbonyl (C=O) groups is 2. The zero-order valence-corrected chi connectivity index (χ0v) is 10.8. The normalized spacial score (nSPS) is 22.2. The second-order valence-electron chi connectivity index (χ2n) is 5.71. The minimum atomic E-state index is -0.758. The Morgan fingerprint density at radius 1 is 1.41 bits per heavy atom. The van der Waals surface area contributed by atoms with E-state index in [1.54, 1.807) is 0 Å². The number of hydrogen-bond acceptors (Lipinski definition) is 3. The van der Waals surface area contributed by atoms with Gasteiger partial charge in [0.1, 0.15) is 0 Å². The Bertz CT molecular complexity index is 297. The van der Waals surface area contributed by atoms with Crippen LogP contribution in [0.3, 0.4) is 0 Å². The van der Waals surface area contributed by atoms with E-state index in [1.807, 2.05) is 25.7 Å². The number of amides is 1. The molecule has 1 saturated heterocycles. The van der Waals surface area contributed by atoms with E-state index < -0.39 is 5.97 Å². The SMILES string of the molecule is CC(C)(C)NC(=O)CN1CCC[C@@H](C(=O)O)C1. The number of carboxylic acids is 1. The maximum atomic E-state index is 11.7. The van der Waals surface area contributed by atoms with Crippen LogP contribution in [0.4, 0.5) is 0 Å². The minimum absolute atomic E-state index is 0.0384. The second kappa shape index (κ2) is 5.49. The molecule has 1 amide bonds. The van der Waals surface area contributed by atoms with E-state index >= 15 is 0 Å². The minimum Gasteiger partial charge on any atom is -0.481 e. The van der Waals surface area contributed by atoms with Gasteiger partial charge in [0, 0.05) is 12.1 Å². The molecule has 0 saturated carbocycles. The van der Waals surface area contributed by atoms with Crippen molar-refractivity contribution in [3.8, 4) is 0 Å². The molecule has 0 radical (unpaired) electrons. The number of hydrogen-bond donors (Lipinski definition) is 2. The van der Waals surface area contributed by atoms with Crippen molar-refractivity contribution in [2.24, 2.45) is 5.92 Å². The van der Waals surface area contributed by atoms with Crippen LogP contribution < -0.4 is 5.32 Å². The lowest BCUT2D eigenvalue weighted by Crippen LogP contribution is -2.48. The quantitative estimate of drug-likeness (QED) is 0.764. The van der Waals surface area contributed by atoms with Crippen LogP contribution in [0.2, 0.25) is 0 Å². The van der Waals surface area contributed by atoms with Crippen molar-refractivity contribution in [2.75, 3.05) is 19.6 Å². The number of piperidine rings is 1. The van der Waals surface area contributed by atoms with Gasteiger partial charge in [0.2, 0.25) is 5.91 Å². The predicted molar refractivity (Wildman–Crippen MR) is 64.7 cm³/mol. The van der Waals surface area contributed by atoms with Crippen molar-refractivity contribution in [3.05, 3.63) is 0 Å². The molecule has 0 aromatic carbocycles. The van der Waals surface area contributed by atoms with Crippen LogP contribution in [0.5, 0.6) is 0 Å². The fourth-order valence-electron chi connectivity index (χ4n) is 2.06. The third-order valence-corrected chi connectivity index (χ3v) is 2.74. The lowest BCUT2D eigenvalue weighted by atomic mass is 9.98. The van der Waals surface area contributed by atoms with Gasteiger partial charge in [-0.05, 0) is 40.2 Å². The molecule has 5 nitrogen and oxygen atoms in total. The van der Waals surface area contributed by atoms with E-state index in [1.165, 1.54) is 0 Å². The van der Waals surface area contributed by atoms with Crippen LogP contribution in [0.1, 0.15) is 33.6 Å². The van der Waals surface area contributed by atoms with Crippen molar-refractivity contribution in [1.82, 2.24) is 10.2 Å². The molecule has 0 spiro atoms. The summed E-state index contributed by atoms with van der Waals surface area (Å²) in [6, 6.07) is 0. The molecule has 1 aliphatic heterocycles. The molecule has 0 bridgehead atoms. The first-order valence-electron chi connectivity index (χ1n) is 6.04. The average Bonchev–Trinajstić information content (AvgIpc) is 2.14. The summed E-state index contributed by atoms with van der Waals surface area (Å²) < 4.78 is 0. The molecule has 1 atom stereocenters. The molecule has 0 unspecified atom stereocenters. The second-order valence-corrected chi connectivity index (χ2v) is 5.71. The number of rotatable bonds is 3. The van der Waals surface area contributed by atoms with Gasteiger partial charge in [-0.2, -0.15) is 0 Å². The molecule has 2 N–H and O–H groups in total. The van der Waals surface area contributed by atoms with E-state index in [-0.39, 0.29) is 17.4 Å². The largest absolute Gasteiger partial charge is 0.481 e. The average molecular weight is 242 g/mol. The van der Waals surface area contributed by atoms with Gasteiger partial charge in [-0.15, -0.1) is 0 Å². The number of likely N-dealkylation sites (tertiary alicyclic amines) is 1. The Labute approximate surface area is 102 Å². The fraction of sp³-hybridized carbons (Fsp3) is 0.833. The zero-order chi connectivity index (χ0) is 13.1. The number of nitrogens with one attached hydrogen (secondary N) is 1. The van der Waals surface area contributed by atoms with E-state index in [0.29, 0.717) is 19.5 Å². The molecular formula is C12H22N2O3. The van der Waals surface area contributed by atoms with Crippen LogP contribution >= 0.6 is 0 Å². The molecular weight excluding hydrogens is 220 g/mol. The van der Waals surface area contributed by atoms with Gasteiger partial charge in [0.25, 0.3) is 0 Å². The Morgan fingerprint density at radius 3 is 2.59 bits per heavy atom. The summed E-state index contributed by atoms with van der Waals surface area (Å²) in [6.45, 7) is 7.37. The number of nitrogens with zero attached hydrogens (tertiary/aromatic N) is 1. The van der Waals surface area contributed by atoms with Gasteiger partial charge in [0.15, 0.2) is 0 Å². The summed E-state index contributed by atoms with van der Waals surface area (Å²) in [6.07, 6.45) is 1.56. The summed E-state index contributed by atoms with van der Waals surface area (Å²) in [7, 11) is 0. The van der Waals surface area contributed by atoms with Gasteiger partial charge in [-0.1, -0.05) is 0 Å². The Hall–Kier alpha value is -1.10. The summed E-state index contributed by atoms with van der Waals surface area (Å²) in [5.41, 5.74) is -0.237. The Morgan fingerprint density at radius 2 is 2.06 bits per heavy atom. The molecule has 0 aromatic heterocycles. The van der Waals surface area contributed by atoms with Gasteiger partial charge in [-0.3, -0.25) is 14.5 Å². The number of carboxylic acid groups (broad SMARTS) is 1. The van der Waals surface area contributed by atoms with E-state index in [4.69, 9.17) is 5.11 Å². The molecule has 0 aromatic rings. The molecule has 1 aliphatic rings. The first kappa shape index (κ1) is 14.0. The third kappa shape index (κ3) is 5.17. The fourth-order valence-corrected chi connectivity index (χ4v) is 2.06. The summed E-state index contributed by atoms with van der Waals surface area (Å²) in [4.78, 5) is 24.5. The Kier molecular flexibility index (Phi) is 4.51. The van der Waals surface area contributed by atoms with Crippen molar-refractivity contribution in [2.45, 2.75) is 39.2 Å². The first-order valence-corrected chi connectivity index (χ1v) is 6.04. The first-order chi connectivity index (χ1) is 7.78. The monoisotopic (exact) mass is 242 g/mol. The van der Waals surface area contributed by atoms with Gasteiger partial charge in [-0.25, -0.2) is 0 Å². The number of aliphatic carboxylic acids is 1. The maximum Gasteiger partial charge on any atom is 0.307 e. The smallest absolute Gasteiger partial charge is 0.307 e. The van der Waals surface area contributed by atoms with Crippen molar-refractivity contribution >= 4 is 11.9 Å². The van der Waals surface area contributed by atoms with Crippen LogP contribution in [0.25, 0.3) is 0 Å². The summed E-state index contributed by atoms with van der Waals surface area (Å²) in [5.74, 6) is -1.12. The highest BCUT2D eigenvalue weighted by atomic mass is 16.4. The van der Waals surface area contributed by atoms with Gasteiger partial charge in [0.05, 0.1) is 12.5 Å². The van der Waals surface area contributed by atoms with Crippen LogP contribution in [0, 0.1) is 5.92 Å². The third-order valence-electron chi connectivity index (χ3n) is 2.74. The topological polar surface area (TPSA) is 69.6 Å². The standard InChI is InChI=1S/C12H22N2O3/c1-12(2,3)13-10(15)8-14-6-4-5-9(7-14)11(16)17/h9H,4-8H2,1-3H3,(H,13,15)(H,16,17)/t9-/m1/s1. The highest BCUT2D eigenvalue weighted by Gasteiger charge is 2.26. The molecule has 1 heterocycles. The Balaban J connectivity index is 2.41. The molecule has 1 rings (SSSR count). The molecule has 1 fully saturated rings. The molecule has 5 heteroatoms. The molecule has 98 valence electrons. The van der Waals surface area contributed by atoms with E-state index in [2.05, 4.69) is 5.32 Å². The summed E-state index contributed by atoms with van der Waals surface area (Å²) >= 11 is 0. The van der Waals surface area contributed by atoms with E-state index in [0.717, 1.165) is 13.0 Å². The highest BCUT2D eigenvalue weighted by Crippen LogP contribution is 2.16. The lowest BCUT2D eigenvalue weighted by Gasteiger charge is -2.31. The lowest BCUT2D eigenvalue weighted by molar-refractivity contribution is -0.144. The van der Waals surface area contributed by atoms with Crippen molar-refractivity contribution in [1.29, 1.82) is 0 Å². The number of carbonyl (C=O) groups excluding carboxylic acids is 1. The summed E-state index contributed by atoms with van der Waals surface area (Å²) in [5, 5.41) is 11.8. The van der Waals surface area contributed by atoms with E-state index in [9.17, 15) is 9.59 Å². The van der Waals surface area contributed by atoms with Gasteiger partial charge < -0.3 is 10.4 Å². The highest BCUT2D eigenvalue weighted by molar-refractivity contribution is 5.79. The molecule has 0 aliphatic carbocycles. The van der Waals surface area contributed by atoms with Crippen LogP contribution in [0.15, 0.2) is 0 Å².